The molecule has 104 valence electrons. The molecule has 0 spiro atoms. The third-order valence-electron chi connectivity index (χ3n) is 4.95. The lowest BCUT2D eigenvalue weighted by atomic mass is 9.82. The Bertz CT molecular complexity index is 391. The van der Waals surface area contributed by atoms with Gasteiger partial charge in [0.2, 0.25) is 0 Å². The highest BCUT2D eigenvalue weighted by molar-refractivity contribution is 8.00. The Morgan fingerprint density at radius 1 is 1.11 bits per heavy atom. The van der Waals surface area contributed by atoms with E-state index in [9.17, 15) is 0 Å². The fraction of sp³-hybridized carbons (Fsp3) is 0.647. The molecule has 2 heteroatoms. The van der Waals surface area contributed by atoms with Crippen LogP contribution in [0, 0.1) is 0 Å². The first kappa shape index (κ1) is 13.5. The van der Waals surface area contributed by atoms with E-state index in [4.69, 9.17) is 0 Å². The predicted octanol–water partition coefficient (Wildman–Crippen LogP) is 4.20. The van der Waals surface area contributed by atoms with E-state index >= 15 is 0 Å². The lowest BCUT2D eigenvalue weighted by Gasteiger charge is -2.30. The van der Waals surface area contributed by atoms with Gasteiger partial charge >= 0.3 is 0 Å². The SMILES string of the molecule is CSC1(CNC2CCC(c3ccccc3)CC2)CC1. The second kappa shape index (κ2) is 5.88. The molecule has 0 radical (unpaired) electrons. The molecule has 3 rings (SSSR count). The van der Waals surface area contributed by atoms with E-state index in [0.717, 1.165) is 12.0 Å². The Morgan fingerprint density at radius 3 is 2.37 bits per heavy atom. The van der Waals surface area contributed by atoms with Gasteiger partial charge in [-0.2, -0.15) is 11.8 Å². The molecule has 2 fully saturated rings. The molecule has 0 amide bonds. The molecule has 2 aliphatic carbocycles. The molecule has 0 aliphatic heterocycles. The molecule has 0 heterocycles. The van der Waals surface area contributed by atoms with Gasteiger partial charge < -0.3 is 5.32 Å². The van der Waals surface area contributed by atoms with Crippen LogP contribution < -0.4 is 5.32 Å². The van der Waals surface area contributed by atoms with E-state index in [-0.39, 0.29) is 0 Å². The zero-order valence-corrected chi connectivity index (χ0v) is 12.7. The van der Waals surface area contributed by atoms with Crippen molar-refractivity contribution >= 4 is 11.8 Å². The summed E-state index contributed by atoms with van der Waals surface area (Å²) in [5.41, 5.74) is 1.55. The lowest BCUT2D eigenvalue weighted by molar-refractivity contribution is 0.342. The first-order valence-corrected chi connectivity index (χ1v) is 8.87. The molecule has 1 nitrogen and oxygen atoms in total. The fourth-order valence-corrected chi connectivity index (χ4v) is 4.02. The summed E-state index contributed by atoms with van der Waals surface area (Å²) < 4.78 is 0.607. The number of benzene rings is 1. The Morgan fingerprint density at radius 2 is 1.79 bits per heavy atom. The molecular weight excluding hydrogens is 250 g/mol. The third kappa shape index (κ3) is 3.35. The average Bonchev–Trinajstić information content (AvgIpc) is 3.27. The van der Waals surface area contributed by atoms with Gasteiger partial charge in [0.15, 0.2) is 0 Å². The van der Waals surface area contributed by atoms with Crippen molar-refractivity contribution in [1.29, 1.82) is 0 Å². The summed E-state index contributed by atoms with van der Waals surface area (Å²) in [5.74, 6) is 0.801. The molecule has 0 aromatic heterocycles. The van der Waals surface area contributed by atoms with Crippen molar-refractivity contribution in [2.75, 3.05) is 12.8 Å². The minimum atomic E-state index is 0.607. The first-order chi connectivity index (χ1) is 9.31. The smallest absolute Gasteiger partial charge is 0.0282 e. The number of nitrogens with one attached hydrogen (secondary N) is 1. The van der Waals surface area contributed by atoms with Crippen LogP contribution in [0.1, 0.15) is 50.0 Å². The zero-order chi connectivity index (χ0) is 13.1. The molecule has 0 saturated heterocycles. The zero-order valence-electron chi connectivity index (χ0n) is 11.9. The van der Waals surface area contributed by atoms with Gasteiger partial charge in [-0.3, -0.25) is 0 Å². The summed E-state index contributed by atoms with van der Waals surface area (Å²) in [6.45, 7) is 1.23. The highest BCUT2D eigenvalue weighted by atomic mass is 32.2. The maximum Gasteiger partial charge on any atom is 0.0282 e. The molecule has 1 aromatic rings. The molecular formula is C17H25NS. The fourth-order valence-electron chi connectivity index (χ4n) is 3.28. The normalized spacial score (nSPS) is 29.1. The van der Waals surface area contributed by atoms with Crippen molar-refractivity contribution in [2.24, 2.45) is 0 Å². The van der Waals surface area contributed by atoms with Gasteiger partial charge in [-0.25, -0.2) is 0 Å². The summed E-state index contributed by atoms with van der Waals surface area (Å²) >= 11 is 2.06. The predicted molar refractivity (Wildman–Crippen MR) is 84.9 cm³/mol. The van der Waals surface area contributed by atoms with Gasteiger partial charge in [0, 0.05) is 17.3 Å². The van der Waals surface area contributed by atoms with Crippen LogP contribution in [-0.2, 0) is 0 Å². The Hall–Kier alpha value is -0.470. The summed E-state index contributed by atoms with van der Waals surface area (Å²) in [4.78, 5) is 0. The van der Waals surface area contributed by atoms with E-state index < -0.39 is 0 Å². The van der Waals surface area contributed by atoms with Gasteiger partial charge in [-0.05, 0) is 56.3 Å². The van der Waals surface area contributed by atoms with Gasteiger partial charge in [0.25, 0.3) is 0 Å². The van der Waals surface area contributed by atoms with Crippen LogP contribution in [0.15, 0.2) is 30.3 Å². The van der Waals surface area contributed by atoms with E-state index in [1.807, 2.05) is 0 Å². The van der Waals surface area contributed by atoms with Crippen molar-refractivity contribution in [3.05, 3.63) is 35.9 Å². The summed E-state index contributed by atoms with van der Waals surface area (Å²) in [6, 6.07) is 11.8. The summed E-state index contributed by atoms with van der Waals surface area (Å²) in [6.07, 6.45) is 10.5. The van der Waals surface area contributed by atoms with E-state index in [1.54, 1.807) is 5.56 Å². The molecule has 0 bridgehead atoms. The Kier molecular flexibility index (Phi) is 4.18. The maximum atomic E-state index is 3.83. The molecule has 2 aliphatic rings. The quantitative estimate of drug-likeness (QED) is 0.864. The van der Waals surface area contributed by atoms with Crippen LogP contribution in [0.2, 0.25) is 0 Å². The molecule has 19 heavy (non-hydrogen) atoms. The van der Waals surface area contributed by atoms with Crippen LogP contribution in [0.5, 0.6) is 0 Å². The standard InChI is InChI=1S/C17H25NS/c1-19-17(11-12-17)13-18-16-9-7-15(8-10-16)14-5-3-2-4-6-14/h2-6,15-16,18H,7-13H2,1H3. The minimum Gasteiger partial charge on any atom is -0.313 e. The third-order valence-corrected chi connectivity index (χ3v) is 6.37. The van der Waals surface area contributed by atoms with Crippen LogP contribution in [0.25, 0.3) is 0 Å². The van der Waals surface area contributed by atoms with Gasteiger partial charge in [-0.15, -0.1) is 0 Å². The molecule has 0 unspecified atom stereocenters. The molecule has 1 aromatic carbocycles. The lowest BCUT2D eigenvalue weighted by Crippen LogP contribution is -2.37. The van der Waals surface area contributed by atoms with Crippen molar-refractivity contribution in [2.45, 2.75) is 55.2 Å². The van der Waals surface area contributed by atoms with Crippen LogP contribution >= 0.6 is 11.8 Å². The number of hydrogen-bond donors (Lipinski definition) is 1. The minimum absolute atomic E-state index is 0.607. The van der Waals surface area contributed by atoms with E-state index in [0.29, 0.717) is 4.75 Å². The second-order valence-corrected chi connectivity index (χ2v) is 7.50. The largest absolute Gasteiger partial charge is 0.313 e. The van der Waals surface area contributed by atoms with Crippen LogP contribution in [0.3, 0.4) is 0 Å². The summed E-state index contributed by atoms with van der Waals surface area (Å²) in [5, 5.41) is 3.83. The topological polar surface area (TPSA) is 12.0 Å². The monoisotopic (exact) mass is 275 g/mol. The second-order valence-electron chi connectivity index (χ2n) is 6.23. The molecule has 2 saturated carbocycles. The first-order valence-electron chi connectivity index (χ1n) is 7.65. The average molecular weight is 275 g/mol. The van der Waals surface area contributed by atoms with Crippen molar-refractivity contribution in [1.82, 2.24) is 5.32 Å². The molecule has 1 N–H and O–H groups in total. The maximum absolute atomic E-state index is 3.83. The van der Waals surface area contributed by atoms with E-state index in [1.165, 1.54) is 45.1 Å². The number of rotatable bonds is 5. The highest BCUT2D eigenvalue weighted by Crippen LogP contribution is 2.46. The van der Waals surface area contributed by atoms with Crippen molar-refractivity contribution in [3.63, 3.8) is 0 Å². The van der Waals surface area contributed by atoms with E-state index in [2.05, 4.69) is 53.7 Å². The van der Waals surface area contributed by atoms with Crippen LogP contribution in [-0.4, -0.2) is 23.6 Å². The summed E-state index contributed by atoms with van der Waals surface area (Å²) in [7, 11) is 0. The van der Waals surface area contributed by atoms with Crippen LogP contribution in [0.4, 0.5) is 0 Å². The van der Waals surface area contributed by atoms with Crippen molar-refractivity contribution < 1.29 is 0 Å². The Balaban J connectivity index is 1.45. The van der Waals surface area contributed by atoms with Gasteiger partial charge in [0.1, 0.15) is 0 Å². The number of thioether (sulfide) groups is 1. The number of hydrogen-bond acceptors (Lipinski definition) is 2. The van der Waals surface area contributed by atoms with Crippen molar-refractivity contribution in [3.8, 4) is 0 Å². The Labute approximate surface area is 121 Å². The highest BCUT2D eigenvalue weighted by Gasteiger charge is 2.41. The molecule has 0 atom stereocenters. The van der Waals surface area contributed by atoms with Gasteiger partial charge in [0.05, 0.1) is 0 Å². The van der Waals surface area contributed by atoms with Gasteiger partial charge in [-0.1, -0.05) is 30.3 Å².